The van der Waals surface area contributed by atoms with Crippen molar-refractivity contribution in [1.82, 2.24) is 0 Å². The Balaban J connectivity index is 2.19. The van der Waals surface area contributed by atoms with E-state index in [4.69, 9.17) is 34.8 Å². The summed E-state index contributed by atoms with van der Waals surface area (Å²) in [5, 5.41) is 1.24. The summed E-state index contributed by atoms with van der Waals surface area (Å²) in [4.78, 5) is 0. The smallest absolute Gasteiger partial charge is 0.236 e. The molecule has 0 aliphatic carbocycles. The molecule has 2 rings (SSSR count). The molecule has 0 aliphatic heterocycles. The Hall–Kier alpha value is -0.940. The second-order valence-corrected chi connectivity index (χ2v) is 7.11. The van der Waals surface area contributed by atoms with Crippen molar-refractivity contribution in [3.63, 3.8) is 0 Å². The Bertz CT molecular complexity index is 715. The number of sulfonamides is 1. The summed E-state index contributed by atoms with van der Waals surface area (Å²) >= 11 is 17.5. The van der Waals surface area contributed by atoms with E-state index in [1.54, 1.807) is 30.3 Å². The van der Waals surface area contributed by atoms with Crippen LogP contribution < -0.4 is 4.72 Å². The lowest BCUT2D eigenvalue weighted by molar-refractivity contribution is 0.600. The highest BCUT2D eigenvalue weighted by atomic mass is 35.5. The van der Waals surface area contributed by atoms with E-state index in [1.165, 1.54) is 12.1 Å². The number of hydrogen-bond acceptors (Lipinski definition) is 2. The highest BCUT2D eigenvalue weighted by Gasteiger charge is 2.14. The van der Waals surface area contributed by atoms with Crippen LogP contribution in [0.3, 0.4) is 0 Å². The lowest BCUT2D eigenvalue weighted by Crippen LogP contribution is -2.15. The van der Waals surface area contributed by atoms with E-state index < -0.39 is 10.0 Å². The molecule has 3 nitrogen and oxygen atoms in total. The predicted molar refractivity (Wildman–Crippen MR) is 84.2 cm³/mol. The molecule has 0 radical (unpaired) electrons. The van der Waals surface area contributed by atoms with Gasteiger partial charge in [-0.25, -0.2) is 8.42 Å². The van der Waals surface area contributed by atoms with Gasteiger partial charge in [-0.15, -0.1) is 0 Å². The lowest BCUT2D eigenvalue weighted by atomic mass is 10.2. The van der Waals surface area contributed by atoms with Crippen molar-refractivity contribution in [3.8, 4) is 0 Å². The maximum absolute atomic E-state index is 12.1. The zero-order valence-corrected chi connectivity index (χ0v) is 13.2. The van der Waals surface area contributed by atoms with Gasteiger partial charge in [-0.2, -0.15) is 0 Å². The summed E-state index contributed by atoms with van der Waals surface area (Å²) < 4.78 is 26.6. The molecular formula is C13H10Cl3NO2S. The van der Waals surface area contributed by atoms with Crippen molar-refractivity contribution in [1.29, 1.82) is 0 Å². The molecule has 0 unspecified atom stereocenters. The normalized spacial score (nSPS) is 11.3. The predicted octanol–water partition coefficient (Wildman–Crippen LogP) is 4.59. The fourth-order valence-electron chi connectivity index (χ4n) is 1.58. The Morgan fingerprint density at radius 2 is 1.50 bits per heavy atom. The molecule has 0 saturated heterocycles. The zero-order chi connectivity index (χ0) is 14.8. The SMILES string of the molecule is O=S(=O)(Cc1ccc(Cl)cc1)Nc1cc(Cl)ccc1Cl. The molecule has 2 aromatic rings. The van der Waals surface area contributed by atoms with Gasteiger partial charge >= 0.3 is 0 Å². The van der Waals surface area contributed by atoms with Gasteiger partial charge in [-0.05, 0) is 35.9 Å². The van der Waals surface area contributed by atoms with E-state index in [1.807, 2.05) is 0 Å². The number of hydrogen-bond donors (Lipinski definition) is 1. The summed E-state index contributed by atoms with van der Waals surface area (Å²) in [6.45, 7) is 0. The molecule has 106 valence electrons. The van der Waals surface area contributed by atoms with Crippen LogP contribution in [0.5, 0.6) is 0 Å². The van der Waals surface area contributed by atoms with Gasteiger partial charge in [0.15, 0.2) is 0 Å². The first kappa shape index (κ1) is 15.4. The Labute approximate surface area is 132 Å². The molecule has 1 N–H and O–H groups in total. The molecule has 7 heteroatoms. The molecular weight excluding hydrogens is 341 g/mol. The Kier molecular flexibility index (Phi) is 4.81. The standard InChI is InChI=1S/C13H10Cl3NO2S/c14-10-3-1-9(2-4-10)8-20(18,19)17-13-7-11(15)5-6-12(13)16/h1-7,17H,8H2. The number of rotatable bonds is 4. The van der Waals surface area contributed by atoms with Crippen LogP contribution in [-0.4, -0.2) is 8.42 Å². The molecule has 20 heavy (non-hydrogen) atoms. The van der Waals surface area contributed by atoms with E-state index in [2.05, 4.69) is 4.72 Å². The minimum absolute atomic E-state index is 0.174. The van der Waals surface area contributed by atoms with Gasteiger partial charge in [-0.3, -0.25) is 4.72 Å². The third-order valence-corrected chi connectivity index (χ3v) is 4.52. The van der Waals surface area contributed by atoms with Crippen LogP contribution >= 0.6 is 34.8 Å². The van der Waals surface area contributed by atoms with Crippen molar-refractivity contribution >= 4 is 50.5 Å². The van der Waals surface area contributed by atoms with Crippen LogP contribution in [0.15, 0.2) is 42.5 Å². The lowest BCUT2D eigenvalue weighted by Gasteiger charge is -2.10. The van der Waals surface area contributed by atoms with Gasteiger partial charge in [0.1, 0.15) is 0 Å². The Morgan fingerprint density at radius 3 is 2.15 bits per heavy atom. The van der Waals surface area contributed by atoms with Crippen LogP contribution in [0.2, 0.25) is 15.1 Å². The second kappa shape index (κ2) is 6.22. The Morgan fingerprint density at radius 1 is 0.900 bits per heavy atom. The number of anilines is 1. The van der Waals surface area contributed by atoms with Crippen LogP contribution in [0.4, 0.5) is 5.69 Å². The molecule has 2 aromatic carbocycles. The van der Waals surface area contributed by atoms with Gasteiger partial charge in [0.25, 0.3) is 0 Å². The molecule has 0 spiro atoms. The van der Waals surface area contributed by atoms with Crippen molar-refractivity contribution in [3.05, 3.63) is 63.1 Å². The van der Waals surface area contributed by atoms with Crippen LogP contribution in [0.25, 0.3) is 0 Å². The molecule has 0 heterocycles. The summed E-state index contributed by atoms with van der Waals surface area (Å²) in [5.74, 6) is -0.174. The molecule has 0 fully saturated rings. The zero-order valence-electron chi connectivity index (χ0n) is 10.1. The summed E-state index contributed by atoms with van der Waals surface area (Å²) in [5.41, 5.74) is 0.883. The first-order chi connectivity index (χ1) is 9.35. The molecule has 0 aliphatic rings. The molecule has 0 saturated carbocycles. The third-order valence-electron chi connectivity index (χ3n) is 2.46. The maximum Gasteiger partial charge on any atom is 0.236 e. The third kappa shape index (κ3) is 4.28. The van der Waals surface area contributed by atoms with E-state index in [-0.39, 0.29) is 16.5 Å². The fraction of sp³-hybridized carbons (Fsp3) is 0.0769. The number of nitrogens with one attached hydrogen (secondary N) is 1. The highest BCUT2D eigenvalue weighted by molar-refractivity contribution is 7.91. The summed E-state index contributed by atoms with van der Waals surface area (Å²) in [7, 11) is -3.58. The first-order valence-electron chi connectivity index (χ1n) is 5.56. The van der Waals surface area contributed by atoms with Gasteiger partial charge < -0.3 is 0 Å². The quantitative estimate of drug-likeness (QED) is 0.876. The van der Waals surface area contributed by atoms with Crippen LogP contribution in [-0.2, 0) is 15.8 Å². The average Bonchev–Trinajstić information content (AvgIpc) is 2.36. The van der Waals surface area contributed by atoms with Gasteiger partial charge in [0.2, 0.25) is 10.0 Å². The minimum Gasteiger partial charge on any atom is -0.282 e. The first-order valence-corrected chi connectivity index (χ1v) is 8.34. The van der Waals surface area contributed by atoms with Crippen LogP contribution in [0, 0.1) is 0 Å². The molecule has 0 aromatic heterocycles. The second-order valence-electron chi connectivity index (χ2n) is 4.11. The van der Waals surface area contributed by atoms with Gasteiger partial charge in [-0.1, -0.05) is 46.9 Å². The van der Waals surface area contributed by atoms with Crippen molar-refractivity contribution in [2.45, 2.75) is 5.75 Å². The van der Waals surface area contributed by atoms with Crippen molar-refractivity contribution < 1.29 is 8.42 Å². The van der Waals surface area contributed by atoms with E-state index in [0.29, 0.717) is 15.6 Å². The van der Waals surface area contributed by atoms with E-state index >= 15 is 0 Å². The van der Waals surface area contributed by atoms with Gasteiger partial charge in [0, 0.05) is 10.0 Å². The highest BCUT2D eigenvalue weighted by Crippen LogP contribution is 2.27. The topological polar surface area (TPSA) is 46.2 Å². The number of benzene rings is 2. The summed E-state index contributed by atoms with van der Waals surface area (Å²) in [6, 6.07) is 11.2. The van der Waals surface area contributed by atoms with Crippen molar-refractivity contribution in [2.24, 2.45) is 0 Å². The maximum atomic E-state index is 12.1. The molecule has 0 bridgehead atoms. The fourth-order valence-corrected chi connectivity index (χ4v) is 3.31. The largest absolute Gasteiger partial charge is 0.282 e. The minimum atomic E-state index is -3.58. The van der Waals surface area contributed by atoms with Crippen LogP contribution in [0.1, 0.15) is 5.56 Å². The summed E-state index contributed by atoms with van der Waals surface area (Å²) in [6.07, 6.45) is 0. The molecule has 0 atom stereocenters. The van der Waals surface area contributed by atoms with E-state index in [0.717, 1.165) is 0 Å². The monoisotopic (exact) mass is 349 g/mol. The average molecular weight is 351 g/mol. The number of halogens is 3. The van der Waals surface area contributed by atoms with Gasteiger partial charge in [0.05, 0.1) is 16.5 Å². The van der Waals surface area contributed by atoms with E-state index in [9.17, 15) is 8.42 Å². The van der Waals surface area contributed by atoms with Crippen molar-refractivity contribution in [2.75, 3.05) is 4.72 Å². The molecule has 0 amide bonds.